The summed E-state index contributed by atoms with van der Waals surface area (Å²) in [6, 6.07) is 21.2. The molecule has 1 atom stereocenters. The fourth-order valence-corrected chi connectivity index (χ4v) is 5.07. The first-order chi connectivity index (χ1) is 18.0. The standard InChI is InChI=1S/C29H26N2O6/c1-3-25(28(34)37-31-26(32)22-15-9-10-16-23(22)27(31)33)30(4-2)29(35)36-17-24-20-13-7-5-11-18(20)19-12-6-8-14-21(19)24/h5-16,24-25H,3-4,17H2,1-2H3. The summed E-state index contributed by atoms with van der Waals surface area (Å²) < 4.78 is 5.72. The first-order valence-electron chi connectivity index (χ1n) is 12.3. The summed E-state index contributed by atoms with van der Waals surface area (Å²) in [5.74, 6) is -2.44. The van der Waals surface area contributed by atoms with E-state index < -0.39 is 29.9 Å². The Morgan fingerprint density at radius 3 is 1.78 bits per heavy atom. The number of benzene rings is 3. The van der Waals surface area contributed by atoms with Gasteiger partial charge in [0.2, 0.25) is 0 Å². The van der Waals surface area contributed by atoms with Crippen molar-refractivity contribution >= 4 is 23.9 Å². The van der Waals surface area contributed by atoms with E-state index in [2.05, 4.69) is 12.1 Å². The van der Waals surface area contributed by atoms with Crippen LogP contribution in [0.4, 0.5) is 4.79 Å². The van der Waals surface area contributed by atoms with Gasteiger partial charge in [-0.05, 0) is 47.7 Å². The Hall–Kier alpha value is -4.46. The third kappa shape index (κ3) is 4.14. The molecule has 8 heteroatoms. The molecule has 5 rings (SSSR count). The Labute approximate surface area is 214 Å². The molecule has 1 aliphatic heterocycles. The summed E-state index contributed by atoms with van der Waals surface area (Å²) in [4.78, 5) is 57.9. The number of hydrogen-bond acceptors (Lipinski definition) is 6. The minimum Gasteiger partial charge on any atom is -0.448 e. The maximum absolute atomic E-state index is 13.2. The third-order valence-corrected chi connectivity index (χ3v) is 6.88. The molecule has 0 spiro atoms. The van der Waals surface area contributed by atoms with Gasteiger partial charge in [0.05, 0.1) is 11.1 Å². The molecule has 0 radical (unpaired) electrons. The predicted octanol–water partition coefficient (Wildman–Crippen LogP) is 4.79. The van der Waals surface area contributed by atoms with Crippen molar-refractivity contribution in [3.8, 4) is 11.1 Å². The second-order valence-corrected chi connectivity index (χ2v) is 8.87. The summed E-state index contributed by atoms with van der Waals surface area (Å²) in [6.07, 6.45) is -0.462. The van der Waals surface area contributed by atoms with Crippen molar-refractivity contribution in [3.63, 3.8) is 0 Å². The molecule has 0 bridgehead atoms. The molecule has 0 saturated heterocycles. The number of hydrogen-bond donors (Lipinski definition) is 0. The zero-order chi connectivity index (χ0) is 26.1. The summed E-state index contributed by atoms with van der Waals surface area (Å²) in [7, 11) is 0. The number of carbonyl (C=O) groups excluding carboxylic acids is 4. The SMILES string of the molecule is CCC(C(=O)ON1C(=O)c2ccccc2C1=O)N(CC)C(=O)OCC1c2ccccc2-c2ccccc21. The van der Waals surface area contributed by atoms with Crippen LogP contribution >= 0.6 is 0 Å². The Bertz CT molecular complexity index is 1320. The molecule has 1 unspecified atom stereocenters. The lowest BCUT2D eigenvalue weighted by molar-refractivity contribution is -0.174. The van der Waals surface area contributed by atoms with E-state index in [1.165, 1.54) is 17.0 Å². The summed E-state index contributed by atoms with van der Waals surface area (Å²) in [5, 5.41) is 0.460. The minimum absolute atomic E-state index is 0.104. The van der Waals surface area contributed by atoms with Gasteiger partial charge in [0, 0.05) is 12.5 Å². The van der Waals surface area contributed by atoms with Gasteiger partial charge in [0.25, 0.3) is 11.8 Å². The number of ether oxygens (including phenoxy) is 1. The summed E-state index contributed by atoms with van der Waals surface area (Å²) in [6.45, 7) is 3.72. The van der Waals surface area contributed by atoms with Crippen molar-refractivity contribution in [1.82, 2.24) is 9.96 Å². The molecule has 1 heterocycles. The van der Waals surface area contributed by atoms with Gasteiger partial charge >= 0.3 is 12.1 Å². The quantitative estimate of drug-likeness (QED) is 0.435. The Kier molecular flexibility index (Phi) is 6.48. The lowest BCUT2D eigenvalue weighted by Crippen LogP contribution is -2.48. The lowest BCUT2D eigenvalue weighted by Gasteiger charge is -2.29. The van der Waals surface area contributed by atoms with E-state index in [9.17, 15) is 19.2 Å². The van der Waals surface area contributed by atoms with Crippen molar-refractivity contribution in [2.45, 2.75) is 32.2 Å². The van der Waals surface area contributed by atoms with Gasteiger partial charge in [-0.3, -0.25) is 14.5 Å². The van der Waals surface area contributed by atoms with E-state index in [0.717, 1.165) is 22.3 Å². The lowest BCUT2D eigenvalue weighted by atomic mass is 9.98. The fourth-order valence-electron chi connectivity index (χ4n) is 5.07. The molecular formula is C29H26N2O6. The van der Waals surface area contributed by atoms with E-state index in [0.29, 0.717) is 5.06 Å². The van der Waals surface area contributed by atoms with Crippen LogP contribution in [0.2, 0.25) is 0 Å². The van der Waals surface area contributed by atoms with E-state index in [1.54, 1.807) is 26.0 Å². The molecule has 1 aliphatic carbocycles. The van der Waals surface area contributed by atoms with E-state index in [1.807, 2.05) is 36.4 Å². The van der Waals surface area contributed by atoms with Crippen molar-refractivity contribution in [2.75, 3.05) is 13.2 Å². The number of fused-ring (bicyclic) bond motifs is 4. The van der Waals surface area contributed by atoms with Crippen LogP contribution in [0, 0.1) is 0 Å². The average molecular weight is 499 g/mol. The van der Waals surface area contributed by atoms with Gasteiger partial charge in [0.15, 0.2) is 0 Å². The smallest absolute Gasteiger partial charge is 0.410 e. The molecular weight excluding hydrogens is 472 g/mol. The Balaban J connectivity index is 1.28. The van der Waals surface area contributed by atoms with Crippen molar-refractivity contribution in [1.29, 1.82) is 0 Å². The van der Waals surface area contributed by atoms with Crippen LogP contribution in [-0.4, -0.2) is 53.0 Å². The molecule has 37 heavy (non-hydrogen) atoms. The number of carbonyl (C=O) groups is 4. The van der Waals surface area contributed by atoms with Crippen LogP contribution in [0.15, 0.2) is 72.8 Å². The van der Waals surface area contributed by atoms with Gasteiger partial charge in [0.1, 0.15) is 12.6 Å². The van der Waals surface area contributed by atoms with Crippen LogP contribution in [0.25, 0.3) is 11.1 Å². The average Bonchev–Trinajstić information content (AvgIpc) is 3.37. The first-order valence-corrected chi connectivity index (χ1v) is 12.3. The maximum atomic E-state index is 13.2. The number of amides is 3. The predicted molar refractivity (Wildman–Crippen MR) is 135 cm³/mol. The minimum atomic E-state index is -1.04. The highest BCUT2D eigenvalue weighted by Gasteiger charge is 2.41. The zero-order valence-electron chi connectivity index (χ0n) is 20.5. The van der Waals surface area contributed by atoms with E-state index in [-0.39, 0.29) is 36.6 Å². The normalized spacial score (nSPS) is 14.6. The third-order valence-electron chi connectivity index (χ3n) is 6.88. The van der Waals surface area contributed by atoms with Crippen LogP contribution in [0.1, 0.15) is 58.0 Å². The van der Waals surface area contributed by atoms with Crippen LogP contribution in [0.5, 0.6) is 0 Å². The highest BCUT2D eigenvalue weighted by atomic mass is 16.7. The molecule has 0 aromatic heterocycles. The van der Waals surface area contributed by atoms with E-state index in [4.69, 9.17) is 9.57 Å². The number of imide groups is 1. The van der Waals surface area contributed by atoms with Crippen LogP contribution in [-0.2, 0) is 14.4 Å². The summed E-state index contributed by atoms with van der Waals surface area (Å²) in [5.41, 5.74) is 4.72. The van der Waals surface area contributed by atoms with Crippen LogP contribution < -0.4 is 0 Å². The number of rotatable bonds is 7. The van der Waals surface area contributed by atoms with Gasteiger partial charge in [-0.1, -0.05) is 72.7 Å². The molecule has 0 fully saturated rings. The van der Waals surface area contributed by atoms with Crippen molar-refractivity contribution in [2.24, 2.45) is 0 Å². The Morgan fingerprint density at radius 2 is 1.30 bits per heavy atom. The molecule has 3 amide bonds. The molecule has 8 nitrogen and oxygen atoms in total. The Morgan fingerprint density at radius 1 is 0.811 bits per heavy atom. The second-order valence-electron chi connectivity index (χ2n) is 8.87. The molecule has 0 N–H and O–H groups in total. The number of hydroxylamine groups is 2. The fraction of sp³-hybridized carbons (Fsp3) is 0.241. The molecule has 2 aliphatic rings. The summed E-state index contributed by atoms with van der Waals surface area (Å²) >= 11 is 0. The zero-order valence-corrected chi connectivity index (χ0v) is 20.5. The van der Waals surface area contributed by atoms with Gasteiger partial charge in [-0.25, -0.2) is 9.59 Å². The molecule has 3 aromatic carbocycles. The van der Waals surface area contributed by atoms with E-state index >= 15 is 0 Å². The van der Waals surface area contributed by atoms with Gasteiger partial charge in [-0.15, -0.1) is 0 Å². The molecule has 3 aromatic rings. The number of likely N-dealkylation sites (N-methyl/N-ethyl adjacent to an activating group) is 1. The first kappa shape index (κ1) is 24.2. The van der Waals surface area contributed by atoms with Gasteiger partial charge < -0.3 is 9.57 Å². The van der Waals surface area contributed by atoms with Crippen molar-refractivity contribution in [3.05, 3.63) is 95.1 Å². The highest BCUT2D eigenvalue weighted by molar-refractivity contribution is 6.20. The van der Waals surface area contributed by atoms with Crippen LogP contribution in [0.3, 0.4) is 0 Å². The molecule has 0 saturated carbocycles. The number of nitrogens with zero attached hydrogens (tertiary/aromatic N) is 2. The van der Waals surface area contributed by atoms with Crippen molar-refractivity contribution < 1.29 is 28.8 Å². The topological polar surface area (TPSA) is 93.2 Å². The second kappa shape index (κ2) is 9.89. The maximum Gasteiger partial charge on any atom is 0.410 e. The highest BCUT2D eigenvalue weighted by Crippen LogP contribution is 2.44. The molecule has 188 valence electrons. The largest absolute Gasteiger partial charge is 0.448 e. The monoisotopic (exact) mass is 498 g/mol. The van der Waals surface area contributed by atoms with Gasteiger partial charge in [-0.2, -0.15) is 0 Å².